The second-order valence-electron chi connectivity index (χ2n) is 5.65. The molecule has 1 aliphatic rings. The van der Waals surface area contributed by atoms with E-state index in [0.29, 0.717) is 25.2 Å². The molecule has 1 aromatic rings. The third kappa shape index (κ3) is 3.19. The summed E-state index contributed by atoms with van der Waals surface area (Å²) in [5, 5.41) is 2.67. The monoisotopic (exact) mass is 305 g/mol. The van der Waals surface area contributed by atoms with Crippen LogP contribution >= 0.6 is 0 Å². The summed E-state index contributed by atoms with van der Waals surface area (Å²) >= 11 is 0. The van der Waals surface area contributed by atoms with Gasteiger partial charge >= 0.3 is 0 Å². The minimum absolute atomic E-state index is 0.0784. The molecular formula is C15H23N5O2. The molecule has 2 amide bonds. The number of amides is 2. The number of likely N-dealkylation sites (N-methyl/N-ethyl adjacent to an activating group) is 1. The zero-order chi connectivity index (χ0) is 16.3. The summed E-state index contributed by atoms with van der Waals surface area (Å²) in [6, 6.07) is 3.24. The molecule has 1 aromatic heterocycles. The number of rotatable bonds is 3. The molecule has 22 heavy (non-hydrogen) atoms. The van der Waals surface area contributed by atoms with E-state index in [1.54, 1.807) is 30.3 Å². The Balaban J connectivity index is 2.19. The molecule has 0 bridgehead atoms. The quantitative estimate of drug-likeness (QED) is 0.816. The summed E-state index contributed by atoms with van der Waals surface area (Å²) in [6.07, 6.45) is 1.55. The first-order valence-electron chi connectivity index (χ1n) is 7.42. The Bertz CT molecular complexity index is 561. The van der Waals surface area contributed by atoms with Crippen molar-refractivity contribution in [2.75, 3.05) is 32.4 Å². The zero-order valence-corrected chi connectivity index (χ0v) is 13.2. The fourth-order valence-electron chi connectivity index (χ4n) is 2.77. The van der Waals surface area contributed by atoms with Crippen LogP contribution in [-0.2, 0) is 4.79 Å². The van der Waals surface area contributed by atoms with Gasteiger partial charge in [-0.25, -0.2) is 4.98 Å². The molecule has 1 saturated heterocycles. The largest absolute Gasteiger partial charge is 0.383 e. The minimum atomic E-state index is -0.347. The molecule has 0 spiro atoms. The van der Waals surface area contributed by atoms with E-state index in [1.165, 1.54) is 0 Å². The van der Waals surface area contributed by atoms with Gasteiger partial charge in [-0.05, 0) is 26.0 Å². The summed E-state index contributed by atoms with van der Waals surface area (Å²) in [7, 11) is 1.61. The lowest BCUT2D eigenvalue weighted by molar-refractivity contribution is -0.128. The van der Waals surface area contributed by atoms with Crippen molar-refractivity contribution in [3.63, 3.8) is 0 Å². The number of nitrogens with two attached hydrogens (primary N) is 1. The Morgan fingerprint density at radius 3 is 2.73 bits per heavy atom. The highest BCUT2D eigenvalue weighted by Crippen LogP contribution is 2.18. The average Bonchev–Trinajstić information content (AvgIpc) is 2.53. The van der Waals surface area contributed by atoms with Crippen molar-refractivity contribution in [1.29, 1.82) is 0 Å². The predicted octanol–water partition coefficient (Wildman–Crippen LogP) is -0.0554. The smallest absolute Gasteiger partial charge is 0.257 e. The van der Waals surface area contributed by atoms with Gasteiger partial charge in [0.2, 0.25) is 5.91 Å². The molecule has 1 fully saturated rings. The van der Waals surface area contributed by atoms with E-state index in [4.69, 9.17) is 5.73 Å². The number of aromatic nitrogens is 1. The summed E-state index contributed by atoms with van der Waals surface area (Å²) in [5.74, 6) is -0.0384. The number of carbonyl (C=O) groups excluding carboxylic acids is 2. The molecule has 1 aliphatic heterocycles. The van der Waals surface area contributed by atoms with Crippen molar-refractivity contribution in [1.82, 2.24) is 20.1 Å². The molecule has 7 nitrogen and oxygen atoms in total. The lowest BCUT2D eigenvalue weighted by Gasteiger charge is -2.42. The molecule has 0 aromatic carbocycles. The molecule has 1 atom stereocenters. The van der Waals surface area contributed by atoms with Crippen LogP contribution in [0.4, 0.5) is 5.82 Å². The highest BCUT2D eigenvalue weighted by atomic mass is 16.2. The second-order valence-corrected chi connectivity index (χ2v) is 5.65. The SMILES string of the molecule is CNC(=O)[C@H]1CN(C(=O)c2cccnc2N)CCN1C(C)C. The van der Waals surface area contributed by atoms with Crippen molar-refractivity contribution in [2.45, 2.75) is 25.9 Å². The fourth-order valence-corrected chi connectivity index (χ4v) is 2.77. The maximum absolute atomic E-state index is 12.6. The van der Waals surface area contributed by atoms with Crippen LogP contribution < -0.4 is 11.1 Å². The van der Waals surface area contributed by atoms with E-state index < -0.39 is 0 Å². The summed E-state index contributed by atoms with van der Waals surface area (Å²) in [5.41, 5.74) is 6.16. The Morgan fingerprint density at radius 2 is 2.14 bits per heavy atom. The van der Waals surface area contributed by atoms with Crippen LogP contribution in [-0.4, -0.2) is 65.4 Å². The van der Waals surface area contributed by atoms with Crippen molar-refractivity contribution in [2.24, 2.45) is 0 Å². The van der Waals surface area contributed by atoms with E-state index in [-0.39, 0.29) is 29.7 Å². The van der Waals surface area contributed by atoms with Gasteiger partial charge in [-0.1, -0.05) is 0 Å². The molecule has 0 saturated carbocycles. The van der Waals surface area contributed by atoms with Gasteiger partial charge in [0.15, 0.2) is 0 Å². The number of anilines is 1. The van der Waals surface area contributed by atoms with Crippen molar-refractivity contribution >= 4 is 17.6 Å². The van der Waals surface area contributed by atoms with Crippen molar-refractivity contribution in [3.8, 4) is 0 Å². The molecule has 3 N–H and O–H groups in total. The second kappa shape index (κ2) is 6.74. The van der Waals surface area contributed by atoms with Gasteiger partial charge in [-0.2, -0.15) is 0 Å². The van der Waals surface area contributed by atoms with Crippen LogP contribution in [0.1, 0.15) is 24.2 Å². The van der Waals surface area contributed by atoms with E-state index in [1.807, 2.05) is 13.8 Å². The van der Waals surface area contributed by atoms with Gasteiger partial charge in [0.05, 0.1) is 5.56 Å². The summed E-state index contributed by atoms with van der Waals surface area (Å²) in [4.78, 5) is 32.5. The number of piperazine rings is 1. The highest BCUT2D eigenvalue weighted by Gasteiger charge is 2.35. The standard InChI is InChI=1S/C15H23N5O2/c1-10(2)20-8-7-19(9-12(20)14(21)17-3)15(22)11-5-4-6-18-13(11)16/h4-6,10,12H,7-9H2,1-3H3,(H2,16,18)(H,17,21)/t12-/m1/s1. The maximum atomic E-state index is 12.6. The Kier molecular flexibility index (Phi) is 4.97. The van der Waals surface area contributed by atoms with Gasteiger partial charge in [-0.3, -0.25) is 14.5 Å². The Hall–Kier alpha value is -2.15. The lowest BCUT2D eigenvalue weighted by atomic mass is 10.1. The van der Waals surface area contributed by atoms with Crippen LogP contribution in [0.15, 0.2) is 18.3 Å². The first-order valence-corrected chi connectivity index (χ1v) is 7.42. The zero-order valence-electron chi connectivity index (χ0n) is 13.2. The maximum Gasteiger partial charge on any atom is 0.257 e. The van der Waals surface area contributed by atoms with Crippen LogP contribution in [0.2, 0.25) is 0 Å². The van der Waals surface area contributed by atoms with E-state index >= 15 is 0 Å². The van der Waals surface area contributed by atoms with Crippen molar-refractivity contribution in [3.05, 3.63) is 23.9 Å². The third-order valence-corrected chi connectivity index (χ3v) is 3.99. The predicted molar refractivity (Wildman–Crippen MR) is 84.2 cm³/mol. The minimum Gasteiger partial charge on any atom is -0.383 e. The number of carbonyl (C=O) groups is 2. The van der Waals surface area contributed by atoms with E-state index in [0.717, 1.165) is 0 Å². The fraction of sp³-hybridized carbons (Fsp3) is 0.533. The number of pyridine rings is 1. The average molecular weight is 305 g/mol. The molecule has 0 aliphatic carbocycles. The number of nitrogens with one attached hydrogen (secondary N) is 1. The van der Waals surface area contributed by atoms with Gasteiger partial charge < -0.3 is 16.0 Å². The molecule has 0 radical (unpaired) electrons. The summed E-state index contributed by atoms with van der Waals surface area (Å²) in [6.45, 7) is 5.67. The third-order valence-electron chi connectivity index (χ3n) is 3.99. The van der Waals surface area contributed by atoms with Crippen LogP contribution in [0.5, 0.6) is 0 Å². The van der Waals surface area contributed by atoms with Crippen LogP contribution in [0.25, 0.3) is 0 Å². The topological polar surface area (TPSA) is 91.6 Å². The lowest BCUT2D eigenvalue weighted by Crippen LogP contribution is -2.61. The first kappa shape index (κ1) is 16.2. The number of hydrogen-bond acceptors (Lipinski definition) is 5. The molecule has 7 heteroatoms. The molecule has 2 heterocycles. The number of nitrogen functional groups attached to an aromatic ring is 1. The summed E-state index contributed by atoms with van der Waals surface area (Å²) < 4.78 is 0. The van der Waals surface area contributed by atoms with E-state index in [9.17, 15) is 9.59 Å². The van der Waals surface area contributed by atoms with Crippen molar-refractivity contribution < 1.29 is 9.59 Å². The Labute approximate surface area is 130 Å². The van der Waals surface area contributed by atoms with Crippen LogP contribution in [0.3, 0.4) is 0 Å². The molecule has 120 valence electrons. The molecule has 2 rings (SSSR count). The number of hydrogen-bond donors (Lipinski definition) is 2. The highest BCUT2D eigenvalue weighted by molar-refractivity contribution is 5.98. The van der Waals surface area contributed by atoms with Gasteiger partial charge in [0, 0.05) is 38.9 Å². The number of nitrogens with zero attached hydrogens (tertiary/aromatic N) is 3. The normalized spacial score (nSPS) is 19.3. The van der Waals surface area contributed by atoms with Gasteiger partial charge in [-0.15, -0.1) is 0 Å². The van der Waals surface area contributed by atoms with Gasteiger partial charge in [0.1, 0.15) is 11.9 Å². The first-order chi connectivity index (χ1) is 10.5. The molecular weight excluding hydrogens is 282 g/mol. The van der Waals surface area contributed by atoms with Gasteiger partial charge in [0.25, 0.3) is 5.91 Å². The molecule has 0 unspecified atom stereocenters. The van der Waals surface area contributed by atoms with E-state index in [2.05, 4.69) is 15.2 Å². The Morgan fingerprint density at radius 1 is 1.41 bits per heavy atom. The van der Waals surface area contributed by atoms with Crippen LogP contribution in [0, 0.1) is 0 Å².